The second-order valence-electron chi connectivity index (χ2n) is 8.38. The maximum absolute atomic E-state index is 12.3. The maximum atomic E-state index is 12.3. The topological polar surface area (TPSA) is 95.0 Å². The van der Waals surface area contributed by atoms with Gasteiger partial charge in [0.25, 0.3) is 0 Å². The maximum Gasteiger partial charge on any atom is 0.304 e. The number of halogens is 2. The lowest BCUT2D eigenvalue weighted by Gasteiger charge is -2.32. The number of hydrogen-bond acceptors (Lipinski definition) is 7. The van der Waals surface area contributed by atoms with Crippen LogP contribution < -0.4 is 0 Å². The van der Waals surface area contributed by atoms with Gasteiger partial charge < -0.3 is 14.8 Å². The van der Waals surface area contributed by atoms with E-state index >= 15 is 0 Å². The third-order valence-corrected chi connectivity index (χ3v) is 6.84. The molecule has 1 amide bonds. The molecule has 0 unspecified atom stereocenters. The van der Waals surface area contributed by atoms with E-state index in [1.54, 1.807) is 11.5 Å². The molecule has 11 heteroatoms. The van der Waals surface area contributed by atoms with Gasteiger partial charge in [-0.2, -0.15) is 0 Å². The van der Waals surface area contributed by atoms with Crippen LogP contribution in [0.4, 0.5) is 5.69 Å². The highest BCUT2D eigenvalue weighted by Gasteiger charge is 2.21. The largest absolute Gasteiger partial charge is 0.493 e. The Bertz CT molecular complexity index is 1260. The Morgan fingerprint density at radius 2 is 1.74 bits per heavy atom. The highest BCUT2D eigenvalue weighted by molar-refractivity contribution is 9.10. The quantitative estimate of drug-likeness (QED) is 0.229. The highest BCUT2D eigenvalue weighted by atomic mass is 79.9. The van der Waals surface area contributed by atoms with Crippen LogP contribution >= 0.6 is 31.9 Å². The van der Waals surface area contributed by atoms with Gasteiger partial charge in [0.15, 0.2) is 12.3 Å². The minimum Gasteiger partial charge on any atom is -0.493 e. The number of oxime groups is 1. The van der Waals surface area contributed by atoms with Crippen molar-refractivity contribution in [1.29, 1.82) is 0 Å². The number of aromatic nitrogens is 1. The van der Waals surface area contributed by atoms with Crippen molar-refractivity contribution in [3.8, 4) is 5.88 Å². The molecular formula is C24H26Br2N6O3. The number of piperazine rings is 1. The lowest BCUT2D eigenvalue weighted by Crippen LogP contribution is -2.44. The number of rotatable bonds is 7. The predicted octanol–water partition coefficient (Wildman–Crippen LogP) is 5.13. The molecule has 1 aromatic heterocycles. The summed E-state index contributed by atoms with van der Waals surface area (Å²) in [6, 6.07) is 13.3. The first kappa shape index (κ1) is 25.5. The lowest BCUT2D eigenvalue weighted by atomic mass is 10.1. The van der Waals surface area contributed by atoms with Crippen LogP contribution in [0.2, 0.25) is 0 Å². The summed E-state index contributed by atoms with van der Waals surface area (Å²) in [5.41, 5.74) is 2.58. The number of azo groups is 1. The van der Waals surface area contributed by atoms with Crippen molar-refractivity contribution in [2.24, 2.45) is 15.4 Å². The molecule has 1 aliphatic heterocycles. The van der Waals surface area contributed by atoms with Crippen LogP contribution in [0.1, 0.15) is 12.5 Å². The molecule has 0 radical (unpaired) electrons. The molecule has 0 bridgehead atoms. The first-order valence-electron chi connectivity index (χ1n) is 11.1. The van der Waals surface area contributed by atoms with Crippen LogP contribution in [0.25, 0.3) is 10.9 Å². The Hall–Kier alpha value is -2.60. The summed E-state index contributed by atoms with van der Waals surface area (Å²) in [5.74, 6) is -0.634. The van der Waals surface area contributed by atoms with E-state index in [2.05, 4.69) is 64.1 Å². The number of fused-ring (bicyclic) bond motifs is 1. The molecule has 0 spiro atoms. The van der Waals surface area contributed by atoms with E-state index in [1.165, 1.54) is 0 Å². The number of likely N-dealkylation sites (N-methyl/N-ethyl adjacent to an activating group) is 1. The van der Waals surface area contributed by atoms with E-state index in [-0.39, 0.29) is 18.2 Å². The van der Waals surface area contributed by atoms with Crippen molar-refractivity contribution in [2.45, 2.75) is 13.6 Å². The third-order valence-electron chi connectivity index (χ3n) is 5.82. The standard InChI is InChI=1S/C24H26Br2N6O3/c1-16(17-3-5-18(25)6-4-17)29-35-14-22(33)27-28-23-20-13-19(26)7-8-21(20)32(24(23)34)15-31-11-9-30(2)10-12-31/h3-8,13,34H,9-12,14-15H2,1-2H3/b28-27?,29-16-. The van der Waals surface area contributed by atoms with Gasteiger partial charge in [0.1, 0.15) is 0 Å². The summed E-state index contributed by atoms with van der Waals surface area (Å²) in [4.78, 5) is 22.0. The number of aromatic hydroxyl groups is 1. The van der Waals surface area contributed by atoms with E-state index in [4.69, 9.17) is 4.84 Å². The zero-order chi connectivity index (χ0) is 24.9. The summed E-state index contributed by atoms with van der Waals surface area (Å²) in [7, 11) is 2.10. The second-order valence-corrected chi connectivity index (χ2v) is 10.2. The Balaban J connectivity index is 1.47. The molecule has 0 aliphatic carbocycles. The molecule has 2 aromatic carbocycles. The summed E-state index contributed by atoms with van der Waals surface area (Å²) < 4.78 is 3.60. The van der Waals surface area contributed by atoms with Gasteiger partial charge in [-0.1, -0.05) is 49.1 Å². The van der Waals surface area contributed by atoms with E-state index in [0.717, 1.165) is 46.2 Å². The molecule has 4 rings (SSSR count). The molecule has 1 N–H and O–H groups in total. The molecule has 9 nitrogen and oxygen atoms in total. The molecular weight excluding hydrogens is 580 g/mol. The van der Waals surface area contributed by atoms with E-state index in [1.807, 2.05) is 42.5 Å². The van der Waals surface area contributed by atoms with Gasteiger partial charge in [0.2, 0.25) is 5.88 Å². The summed E-state index contributed by atoms with van der Waals surface area (Å²) in [6.07, 6.45) is 0. The monoisotopic (exact) mass is 604 g/mol. The molecule has 2 heterocycles. The zero-order valence-corrected chi connectivity index (χ0v) is 22.7. The molecule has 184 valence electrons. The Labute approximate surface area is 220 Å². The Morgan fingerprint density at radius 3 is 2.46 bits per heavy atom. The average molecular weight is 606 g/mol. The number of carbonyl (C=O) groups is 1. The SMILES string of the molecule is C/C(=N/OCC(=O)N=Nc1c(O)n(CN2CCN(C)CC2)c2ccc(Br)cc12)c1ccc(Br)cc1. The fourth-order valence-corrected chi connectivity index (χ4v) is 4.41. The molecule has 3 aromatic rings. The number of nitrogens with zero attached hydrogens (tertiary/aromatic N) is 6. The number of amides is 1. The first-order valence-corrected chi connectivity index (χ1v) is 12.7. The zero-order valence-electron chi connectivity index (χ0n) is 19.5. The van der Waals surface area contributed by atoms with E-state index in [9.17, 15) is 9.90 Å². The van der Waals surface area contributed by atoms with Crippen molar-refractivity contribution in [3.05, 3.63) is 57.0 Å². The van der Waals surface area contributed by atoms with Crippen LogP contribution in [-0.2, 0) is 16.3 Å². The minimum absolute atomic E-state index is 0.0291. The van der Waals surface area contributed by atoms with E-state index in [0.29, 0.717) is 17.8 Å². The molecule has 1 aliphatic rings. The molecule has 0 saturated carbocycles. The number of hydrogen-bond donors (Lipinski definition) is 1. The van der Waals surface area contributed by atoms with Crippen LogP contribution in [0.5, 0.6) is 5.88 Å². The molecule has 0 atom stereocenters. The Morgan fingerprint density at radius 1 is 1.06 bits per heavy atom. The second kappa shape index (κ2) is 11.4. The van der Waals surface area contributed by atoms with Crippen molar-refractivity contribution in [2.75, 3.05) is 39.8 Å². The van der Waals surface area contributed by atoms with Crippen LogP contribution in [0.3, 0.4) is 0 Å². The van der Waals surface area contributed by atoms with Gasteiger partial charge in [-0.05, 0) is 49.9 Å². The van der Waals surface area contributed by atoms with Gasteiger partial charge in [-0.25, -0.2) is 0 Å². The molecule has 1 fully saturated rings. The summed E-state index contributed by atoms with van der Waals surface area (Å²) >= 11 is 6.86. The van der Waals surface area contributed by atoms with Gasteiger partial charge in [0.05, 0.1) is 17.9 Å². The normalized spacial score (nSPS) is 15.8. The third kappa shape index (κ3) is 6.35. The number of carbonyl (C=O) groups excluding carboxylic acids is 1. The average Bonchev–Trinajstić information content (AvgIpc) is 3.09. The highest BCUT2D eigenvalue weighted by Crippen LogP contribution is 2.40. The Kier molecular flexibility index (Phi) is 8.32. The van der Waals surface area contributed by atoms with Crippen molar-refractivity contribution >= 4 is 60.1 Å². The lowest BCUT2D eigenvalue weighted by molar-refractivity contribution is -0.122. The van der Waals surface area contributed by atoms with Crippen LogP contribution in [0, 0.1) is 0 Å². The molecule has 1 saturated heterocycles. The van der Waals surface area contributed by atoms with Gasteiger partial charge >= 0.3 is 5.91 Å². The van der Waals surface area contributed by atoms with Crippen molar-refractivity contribution in [1.82, 2.24) is 14.4 Å². The predicted molar refractivity (Wildman–Crippen MR) is 142 cm³/mol. The van der Waals surface area contributed by atoms with E-state index < -0.39 is 5.91 Å². The summed E-state index contributed by atoms with van der Waals surface area (Å²) in [6.45, 7) is 5.70. The number of benzene rings is 2. The fourth-order valence-electron chi connectivity index (χ4n) is 3.79. The first-order chi connectivity index (χ1) is 16.8. The van der Waals surface area contributed by atoms with Crippen LogP contribution in [-0.4, -0.2) is 70.9 Å². The molecule has 35 heavy (non-hydrogen) atoms. The van der Waals surface area contributed by atoms with Crippen molar-refractivity contribution < 1.29 is 14.7 Å². The van der Waals surface area contributed by atoms with Gasteiger partial charge in [0, 0.05) is 40.5 Å². The smallest absolute Gasteiger partial charge is 0.304 e. The van der Waals surface area contributed by atoms with Gasteiger partial charge in [-0.15, -0.1) is 10.2 Å². The fraction of sp³-hybridized carbons (Fsp3) is 0.333. The van der Waals surface area contributed by atoms with Crippen molar-refractivity contribution in [3.63, 3.8) is 0 Å². The minimum atomic E-state index is -0.605. The van der Waals surface area contributed by atoms with Crippen LogP contribution in [0.15, 0.2) is 66.8 Å². The van der Waals surface area contributed by atoms with Gasteiger partial charge in [-0.3, -0.25) is 14.3 Å². The summed E-state index contributed by atoms with van der Waals surface area (Å²) in [5, 5.41) is 23.5.